The first-order valence-corrected chi connectivity index (χ1v) is 22.0. The zero-order chi connectivity index (χ0) is 45.7. The van der Waals surface area contributed by atoms with Gasteiger partial charge in [0.25, 0.3) is 5.91 Å². The van der Waals surface area contributed by atoms with E-state index in [1.165, 1.54) is 66.2 Å². The van der Waals surface area contributed by atoms with Crippen molar-refractivity contribution in [1.29, 1.82) is 0 Å². The van der Waals surface area contributed by atoms with E-state index in [-0.39, 0.29) is 47.5 Å². The second kappa shape index (κ2) is 16.5. The second-order valence-electron chi connectivity index (χ2n) is 19.5. The summed E-state index contributed by atoms with van der Waals surface area (Å²) in [7, 11) is 8.59. The lowest BCUT2D eigenvalue weighted by Crippen LogP contribution is -2.63. The van der Waals surface area contributed by atoms with Crippen molar-refractivity contribution in [2.75, 3.05) is 40.2 Å². The van der Waals surface area contributed by atoms with Crippen molar-refractivity contribution in [3.63, 3.8) is 0 Å². The van der Waals surface area contributed by atoms with Gasteiger partial charge in [-0.25, -0.2) is 4.79 Å². The van der Waals surface area contributed by atoms with E-state index in [9.17, 15) is 44.7 Å². The van der Waals surface area contributed by atoms with Crippen LogP contribution in [0, 0.1) is 29.6 Å². The van der Waals surface area contributed by atoms with Gasteiger partial charge in [-0.05, 0) is 164 Å². The van der Waals surface area contributed by atoms with Gasteiger partial charge in [-0.1, -0.05) is 24.3 Å². The number of rotatable bonds is 7. The number of carboxylic acids is 1. The summed E-state index contributed by atoms with van der Waals surface area (Å²) in [5.41, 5.74) is 7.43. The number of carboxylic acid groups (broad SMARTS) is 1. The molecule has 4 bridgehead atoms. The number of halogens is 1. The number of nitrogens with two attached hydrogens (primary N) is 1. The molecule has 0 heterocycles. The van der Waals surface area contributed by atoms with Crippen LogP contribution < -0.4 is 15.4 Å². The molecule has 7 N–H and O–H groups in total. The van der Waals surface area contributed by atoms with Crippen molar-refractivity contribution >= 4 is 52.3 Å². The standard InChI is InChI=1S/C28H28O3.C23H27N3O7.ClH/c1-31-26-7-6-23(21-2-3-22-12-24(27(29)30)5-4-20(22)11-21)13-25(26)28-14-17-8-18(15-28)10-19(9-17)16-28;1-25(2)12-5-6-13(27)15-10(12)7-9-8-11-17(26(3)4)19(29)16(22(24)32)21(31)23(11,33)20(30)14(9)18(15)28;/h2-7,11-13,17-19H,8-10,14-16H2,1H3,(H,29,30);5-6,9,11,17,27,29-30,33H,7-8H2,1-4H3,(H2,24,32);1H/t;9-,11-,17-,23-;/m.0./s1. The zero-order valence-corrected chi connectivity index (χ0v) is 37.9. The van der Waals surface area contributed by atoms with Gasteiger partial charge in [-0.15, -0.1) is 12.4 Å². The number of likely N-dealkylation sites (N-methyl/N-ethyl adjacent to an activating group) is 1. The van der Waals surface area contributed by atoms with Gasteiger partial charge in [0.2, 0.25) is 5.78 Å². The normalized spacial score (nSPS) is 28.5. The molecule has 4 fully saturated rings. The van der Waals surface area contributed by atoms with E-state index in [1.54, 1.807) is 58.4 Å². The summed E-state index contributed by atoms with van der Waals surface area (Å²) in [4.78, 5) is 53.3. The first-order valence-electron chi connectivity index (χ1n) is 22.0. The van der Waals surface area contributed by atoms with Crippen molar-refractivity contribution < 1.29 is 49.4 Å². The molecule has 0 aromatic heterocycles. The smallest absolute Gasteiger partial charge is 0.335 e. The number of aromatic carboxylic acids is 1. The fourth-order valence-corrected chi connectivity index (χ4v) is 13.0. The number of phenolic OH excluding ortho intramolecular Hbond substituents is 1. The number of allylic oxidation sites excluding steroid dienone is 1. The summed E-state index contributed by atoms with van der Waals surface area (Å²) in [5, 5.41) is 55.2. The third-order valence-electron chi connectivity index (χ3n) is 15.3. The predicted molar refractivity (Wildman–Crippen MR) is 248 cm³/mol. The number of hydrogen-bond donors (Lipinski definition) is 6. The largest absolute Gasteiger partial charge is 0.510 e. The molecule has 0 radical (unpaired) electrons. The van der Waals surface area contributed by atoms with Crippen LogP contribution in [0.15, 0.2) is 89.4 Å². The fourth-order valence-electron chi connectivity index (χ4n) is 13.0. The topological polar surface area (TPSA) is 211 Å². The van der Waals surface area contributed by atoms with Crippen molar-refractivity contribution in [1.82, 2.24) is 4.90 Å². The van der Waals surface area contributed by atoms with Crippen LogP contribution in [0.1, 0.15) is 76.8 Å². The van der Waals surface area contributed by atoms with Gasteiger partial charge in [0.05, 0.1) is 24.3 Å². The van der Waals surface area contributed by atoms with Gasteiger partial charge in [0, 0.05) is 36.8 Å². The Hall–Kier alpha value is -5.89. The van der Waals surface area contributed by atoms with Crippen LogP contribution in [0.2, 0.25) is 0 Å². The number of nitrogens with zero attached hydrogens (tertiary/aromatic N) is 2. The van der Waals surface area contributed by atoms with Crippen LogP contribution in [0.3, 0.4) is 0 Å². The molecule has 0 spiro atoms. The van der Waals surface area contributed by atoms with Crippen molar-refractivity contribution in [2.24, 2.45) is 35.3 Å². The lowest BCUT2D eigenvalue weighted by atomic mass is 9.48. The Morgan fingerprint density at radius 1 is 0.800 bits per heavy atom. The number of ketones is 2. The van der Waals surface area contributed by atoms with Crippen LogP contribution in [0.5, 0.6) is 11.5 Å². The summed E-state index contributed by atoms with van der Waals surface area (Å²) in [5.74, 6) is -3.70. The summed E-state index contributed by atoms with van der Waals surface area (Å²) >= 11 is 0. The quantitative estimate of drug-likeness (QED) is 0.101. The monoisotopic (exact) mass is 905 g/mol. The van der Waals surface area contributed by atoms with Gasteiger partial charge in [-0.3, -0.25) is 19.3 Å². The van der Waals surface area contributed by atoms with E-state index in [2.05, 4.69) is 30.3 Å². The molecule has 65 heavy (non-hydrogen) atoms. The number of methoxy groups -OCH3 is 1. The number of Topliss-reactive ketones (excluding diaryl/α,β-unsaturated/α-hetero) is 2. The number of anilines is 1. The lowest BCUT2D eigenvalue weighted by Gasteiger charge is -2.57. The molecule has 7 aliphatic carbocycles. The number of carbonyl (C=O) groups excluding carboxylic acids is 3. The van der Waals surface area contributed by atoms with Crippen LogP contribution in [0.4, 0.5) is 5.69 Å². The number of hydrogen-bond acceptors (Lipinski definition) is 11. The Morgan fingerprint density at radius 3 is 1.98 bits per heavy atom. The van der Waals surface area contributed by atoms with Gasteiger partial charge in [0.1, 0.15) is 28.6 Å². The SMILES string of the molecule is CN(C)c1ccc(O)c2c1C[C@H]1C[C@H]3[C@H](N(C)C)C(O)=C(C(N)=O)C(=O)[C@@]3(O)C(O)=C1C2=O.COc1ccc(-c2ccc3cc(C(=O)O)ccc3c2)cc1C12CC3CC(CC(C3)C1)C2.Cl. The molecule has 13 nitrogen and oxygen atoms in total. The van der Waals surface area contributed by atoms with Gasteiger partial charge >= 0.3 is 5.97 Å². The molecule has 4 atom stereocenters. The molecule has 4 aromatic carbocycles. The number of benzene rings is 4. The van der Waals surface area contributed by atoms with Gasteiger partial charge in [-0.2, -0.15) is 0 Å². The van der Waals surface area contributed by atoms with Crippen molar-refractivity contribution in [3.8, 4) is 22.6 Å². The average Bonchev–Trinajstić information content (AvgIpc) is 3.23. The molecule has 0 saturated heterocycles. The van der Waals surface area contributed by atoms with Crippen molar-refractivity contribution in [2.45, 2.75) is 68.4 Å². The molecule has 4 aromatic rings. The lowest BCUT2D eigenvalue weighted by molar-refractivity contribution is -0.148. The number of aromatic hydroxyl groups is 1. The highest BCUT2D eigenvalue weighted by Crippen LogP contribution is 2.62. The molecular weight excluding hydrogens is 850 g/mol. The van der Waals surface area contributed by atoms with E-state index >= 15 is 0 Å². The minimum absolute atomic E-state index is 0. The number of amides is 1. The molecule has 4 saturated carbocycles. The maximum Gasteiger partial charge on any atom is 0.335 e. The Balaban J connectivity index is 0.000000175. The van der Waals surface area contributed by atoms with Crippen LogP contribution in [-0.4, -0.2) is 101 Å². The third-order valence-corrected chi connectivity index (χ3v) is 15.3. The Kier molecular flexibility index (Phi) is 11.6. The average molecular weight is 906 g/mol. The number of carbonyl (C=O) groups is 4. The highest BCUT2D eigenvalue weighted by atomic mass is 35.5. The van der Waals surface area contributed by atoms with Gasteiger partial charge in [0.15, 0.2) is 11.4 Å². The number of ether oxygens (including phenoxy) is 1. The molecule has 342 valence electrons. The van der Waals surface area contributed by atoms with E-state index in [4.69, 9.17) is 10.5 Å². The Labute approximate surface area is 383 Å². The highest BCUT2D eigenvalue weighted by molar-refractivity contribution is 6.25. The number of primary amides is 1. The molecule has 1 amide bonds. The minimum Gasteiger partial charge on any atom is -0.510 e. The molecule has 0 unspecified atom stereocenters. The summed E-state index contributed by atoms with van der Waals surface area (Å²) in [6, 6.07) is 20.4. The fraction of sp³-hybridized carbons (Fsp3) is 0.412. The molecule has 14 heteroatoms. The summed E-state index contributed by atoms with van der Waals surface area (Å²) in [6.45, 7) is 0. The first kappa shape index (κ1) is 45.7. The molecule has 11 rings (SSSR count). The zero-order valence-electron chi connectivity index (χ0n) is 37.1. The second-order valence-corrected chi connectivity index (χ2v) is 19.5. The highest BCUT2D eigenvalue weighted by Gasteiger charge is 2.63. The van der Waals surface area contributed by atoms with Gasteiger partial charge < -0.3 is 40.9 Å². The summed E-state index contributed by atoms with van der Waals surface area (Å²) in [6.07, 6.45) is 8.57. The number of fused-ring (bicyclic) bond motifs is 4. The maximum absolute atomic E-state index is 13.5. The summed E-state index contributed by atoms with van der Waals surface area (Å²) < 4.78 is 5.88. The molecule has 7 aliphatic rings. The maximum atomic E-state index is 13.5. The Bertz CT molecular complexity index is 2710. The van der Waals surface area contributed by atoms with E-state index in [1.807, 2.05) is 12.1 Å². The number of phenols is 1. The van der Waals surface area contributed by atoms with Crippen molar-refractivity contribution in [3.05, 3.63) is 112 Å². The van der Waals surface area contributed by atoms with E-state index < -0.39 is 64.0 Å². The number of aliphatic hydroxyl groups is 3. The minimum atomic E-state index is -2.63. The predicted octanol–water partition coefficient (Wildman–Crippen LogP) is 7.29. The molecule has 0 aliphatic heterocycles. The Morgan fingerprint density at radius 2 is 1.40 bits per heavy atom. The first-order chi connectivity index (χ1) is 30.4. The third kappa shape index (κ3) is 7.23. The molecular formula is C51H56ClN3O10. The van der Waals surface area contributed by atoms with Crippen LogP contribution in [0.25, 0.3) is 21.9 Å². The number of aliphatic hydroxyl groups excluding tert-OH is 2. The van der Waals surface area contributed by atoms with E-state index in [0.717, 1.165) is 40.0 Å². The van der Waals surface area contributed by atoms with Crippen LogP contribution in [-0.2, 0) is 21.4 Å². The van der Waals surface area contributed by atoms with E-state index in [0.29, 0.717) is 11.1 Å². The van der Waals surface area contributed by atoms with Crippen LogP contribution >= 0.6 is 12.4 Å².